The van der Waals surface area contributed by atoms with Gasteiger partial charge in [0.1, 0.15) is 0 Å². The third kappa shape index (κ3) is 4.54. The molecule has 0 aliphatic heterocycles. The molecule has 0 bridgehead atoms. The molecule has 0 heterocycles. The van der Waals surface area contributed by atoms with Crippen molar-refractivity contribution in [2.45, 2.75) is 6.61 Å². The standard InChI is InChI=1S/C7H7ClO3S2/c8-7-3-1-6(2-4-7)5-11-13(9,10)12/h1-4H,5H2,(H,9,10,12). The van der Waals surface area contributed by atoms with Gasteiger partial charge in [-0.2, -0.15) is 4.21 Å². The molecular weight excluding hydrogens is 232 g/mol. The number of hydrogen-bond donors (Lipinski definition) is 1. The molecule has 1 rings (SSSR count). The molecule has 0 saturated carbocycles. The highest BCUT2D eigenvalue weighted by Gasteiger charge is 2.00. The SMILES string of the molecule is O=S(O)(=S)OCc1ccc(Cl)cc1. The maximum absolute atomic E-state index is 10.5. The summed E-state index contributed by atoms with van der Waals surface area (Å²) in [6, 6.07) is 6.73. The second-order valence-corrected chi connectivity index (χ2v) is 5.11. The Hall–Kier alpha value is -0.200. The lowest BCUT2D eigenvalue weighted by Gasteiger charge is -2.01. The van der Waals surface area contributed by atoms with E-state index in [9.17, 15) is 4.21 Å². The third-order valence-electron chi connectivity index (χ3n) is 1.29. The predicted octanol–water partition coefficient (Wildman–Crippen LogP) is 1.99. The van der Waals surface area contributed by atoms with Crippen LogP contribution in [0.3, 0.4) is 0 Å². The smallest absolute Gasteiger partial charge is 0.266 e. The summed E-state index contributed by atoms with van der Waals surface area (Å²) in [6.07, 6.45) is 0. The topological polar surface area (TPSA) is 46.5 Å². The first kappa shape index (κ1) is 10.9. The van der Waals surface area contributed by atoms with Crippen LogP contribution in [0.4, 0.5) is 0 Å². The van der Waals surface area contributed by atoms with Crippen molar-refractivity contribution >= 4 is 31.8 Å². The Morgan fingerprint density at radius 2 is 2.00 bits per heavy atom. The Labute approximate surface area is 86.4 Å². The van der Waals surface area contributed by atoms with Gasteiger partial charge < -0.3 is 0 Å². The zero-order chi connectivity index (χ0) is 9.90. The minimum atomic E-state index is -3.53. The van der Waals surface area contributed by atoms with Crippen molar-refractivity contribution in [3.63, 3.8) is 0 Å². The summed E-state index contributed by atoms with van der Waals surface area (Å²) < 4.78 is 23.7. The van der Waals surface area contributed by atoms with Crippen molar-refractivity contribution in [2.75, 3.05) is 0 Å². The van der Waals surface area contributed by atoms with Crippen LogP contribution in [0, 0.1) is 0 Å². The Bertz CT molecular complexity index is 371. The first-order valence-corrected chi connectivity index (χ1v) is 6.08. The van der Waals surface area contributed by atoms with Crippen molar-refractivity contribution in [2.24, 2.45) is 0 Å². The minimum Gasteiger partial charge on any atom is -0.285 e. The van der Waals surface area contributed by atoms with E-state index in [4.69, 9.17) is 16.2 Å². The lowest BCUT2D eigenvalue weighted by Crippen LogP contribution is -2.01. The van der Waals surface area contributed by atoms with E-state index < -0.39 is 9.05 Å². The second kappa shape index (κ2) is 4.34. The van der Waals surface area contributed by atoms with Crippen LogP contribution in [0.25, 0.3) is 0 Å². The zero-order valence-electron chi connectivity index (χ0n) is 6.47. The fraction of sp³-hybridized carbons (Fsp3) is 0.143. The van der Waals surface area contributed by atoms with Crippen LogP contribution in [0.2, 0.25) is 5.02 Å². The molecule has 0 fully saturated rings. The molecule has 1 unspecified atom stereocenters. The molecule has 1 aromatic carbocycles. The van der Waals surface area contributed by atoms with Crippen molar-refractivity contribution < 1.29 is 12.9 Å². The number of hydrogen-bond acceptors (Lipinski definition) is 3. The predicted molar refractivity (Wildman–Crippen MR) is 54.4 cm³/mol. The molecule has 0 spiro atoms. The maximum Gasteiger partial charge on any atom is 0.266 e. The van der Waals surface area contributed by atoms with Crippen molar-refractivity contribution in [3.8, 4) is 0 Å². The van der Waals surface area contributed by atoms with E-state index in [1.165, 1.54) is 0 Å². The molecule has 0 saturated heterocycles. The van der Waals surface area contributed by atoms with E-state index in [2.05, 4.69) is 15.4 Å². The summed E-state index contributed by atoms with van der Waals surface area (Å²) in [5, 5.41) is 0.604. The van der Waals surface area contributed by atoms with Crippen LogP contribution >= 0.6 is 11.6 Å². The second-order valence-electron chi connectivity index (χ2n) is 2.32. The fourth-order valence-corrected chi connectivity index (χ4v) is 1.28. The molecule has 6 heteroatoms. The van der Waals surface area contributed by atoms with Gasteiger partial charge >= 0.3 is 0 Å². The van der Waals surface area contributed by atoms with E-state index in [1.54, 1.807) is 24.3 Å². The molecule has 13 heavy (non-hydrogen) atoms. The lowest BCUT2D eigenvalue weighted by atomic mass is 10.2. The van der Waals surface area contributed by atoms with Crippen molar-refractivity contribution in [1.29, 1.82) is 0 Å². The molecule has 1 atom stereocenters. The van der Waals surface area contributed by atoms with Gasteiger partial charge in [-0.05, 0) is 17.7 Å². The van der Waals surface area contributed by atoms with E-state index in [0.29, 0.717) is 5.02 Å². The van der Waals surface area contributed by atoms with Crippen molar-refractivity contribution in [3.05, 3.63) is 34.9 Å². The molecule has 0 aliphatic rings. The number of benzene rings is 1. The quantitative estimate of drug-likeness (QED) is 0.875. The van der Waals surface area contributed by atoms with Gasteiger partial charge in [0.05, 0.1) is 6.61 Å². The summed E-state index contributed by atoms with van der Waals surface area (Å²) >= 11 is 9.78. The van der Waals surface area contributed by atoms with Gasteiger partial charge in [0.15, 0.2) is 0 Å². The molecule has 72 valence electrons. The monoisotopic (exact) mass is 238 g/mol. The average molecular weight is 239 g/mol. The highest BCUT2D eigenvalue weighted by atomic mass is 35.5. The molecule has 0 amide bonds. The average Bonchev–Trinajstić information content (AvgIpc) is 2.02. The summed E-state index contributed by atoms with van der Waals surface area (Å²) in [4.78, 5) is 0. The minimum absolute atomic E-state index is 0.00992. The third-order valence-corrected chi connectivity index (χ3v) is 2.24. The molecule has 3 nitrogen and oxygen atoms in total. The van der Waals surface area contributed by atoms with Gasteiger partial charge in [-0.25, -0.2) is 0 Å². The van der Waals surface area contributed by atoms with E-state index in [1.807, 2.05) is 0 Å². The van der Waals surface area contributed by atoms with Crippen LogP contribution in [0.1, 0.15) is 5.56 Å². The van der Waals surface area contributed by atoms with Gasteiger partial charge in [-0.1, -0.05) is 23.7 Å². The van der Waals surface area contributed by atoms with E-state index >= 15 is 0 Å². The van der Waals surface area contributed by atoms with Crippen LogP contribution in [-0.4, -0.2) is 8.76 Å². The lowest BCUT2D eigenvalue weighted by molar-refractivity contribution is 0.295. The fourth-order valence-electron chi connectivity index (χ4n) is 0.723. The zero-order valence-corrected chi connectivity index (χ0v) is 8.86. The summed E-state index contributed by atoms with van der Waals surface area (Å²) in [6.45, 7) is 0.00992. The first-order valence-electron chi connectivity index (χ1n) is 3.34. The van der Waals surface area contributed by atoms with E-state index in [-0.39, 0.29) is 6.61 Å². The molecule has 1 N–H and O–H groups in total. The van der Waals surface area contributed by atoms with Gasteiger partial charge in [0.25, 0.3) is 9.05 Å². The number of halogens is 1. The van der Waals surface area contributed by atoms with Crippen LogP contribution in [-0.2, 0) is 31.0 Å². The highest BCUT2D eigenvalue weighted by molar-refractivity contribution is 8.27. The molecule has 0 radical (unpaired) electrons. The largest absolute Gasteiger partial charge is 0.285 e. The molecule has 0 aromatic heterocycles. The molecule has 0 aliphatic carbocycles. The van der Waals surface area contributed by atoms with Gasteiger partial charge in [0.2, 0.25) is 0 Å². The highest BCUT2D eigenvalue weighted by Crippen LogP contribution is 2.10. The normalized spacial score (nSPS) is 15.2. The summed E-state index contributed by atoms with van der Waals surface area (Å²) in [7, 11) is -3.53. The Kier molecular flexibility index (Phi) is 3.63. The van der Waals surface area contributed by atoms with Crippen LogP contribution < -0.4 is 0 Å². The molecule has 1 aromatic rings. The Balaban J connectivity index is 2.61. The number of rotatable bonds is 3. The Morgan fingerprint density at radius 3 is 2.46 bits per heavy atom. The van der Waals surface area contributed by atoms with Gasteiger partial charge in [-0.15, -0.1) is 0 Å². The summed E-state index contributed by atoms with van der Waals surface area (Å²) in [5.41, 5.74) is 0.746. The van der Waals surface area contributed by atoms with Crippen molar-refractivity contribution in [1.82, 2.24) is 0 Å². The maximum atomic E-state index is 10.5. The van der Waals surface area contributed by atoms with Crippen LogP contribution in [0.15, 0.2) is 24.3 Å². The van der Waals surface area contributed by atoms with Gasteiger partial charge in [0, 0.05) is 16.2 Å². The molecular formula is C7H7ClO3S2. The van der Waals surface area contributed by atoms with E-state index in [0.717, 1.165) is 5.56 Å². The Morgan fingerprint density at radius 1 is 1.46 bits per heavy atom. The van der Waals surface area contributed by atoms with Gasteiger partial charge in [-0.3, -0.25) is 8.74 Å². The van der Waals surface area contributed by atoms with Crippen LogP contribution in [0.5, 0.6) is 0 Å². The summed E-state index contributed by atoms with van der Waals surface area (Å²) in [5.74, 6) is 0. The first-order chi connectivity index (χ1) is 5.97.